The number of carboxylic acid groups (broad SMARTS) is 1. The van der Waals surface area contributed by atoms with E-state index in [1.54, 1.807) is 0 Å². The summed E-state index contributed by atoms with van der Waals surface area (Å²) in [4.78, 5) is 24.8. The number of amides is 1. The van der Waals surface area contributed by atoms with Crippen molar-refractivity contribution in [3.8, 4) is 0 Å². The van der Waals surface area contributed by atoms with E-state index < -0.39 is 18.1 Å². The van der Waals surface area contributed by atoms with Gasteiger partial charge in [-0.3, -0.25) is 4.79 Å². The average molecular weight is 240 g/mol. The van der Waals surface area contributed by atoms with Gasteiger partial charge in [0.05, 0.1) is 6.04 Å². The summed E-state index contributed by atoms with van der Waals surface area (Å²) in [5.41, 5.74) is 5.78. The molecule has 17 heavy (non-hydrogen) atoms. The Kier molecular flexibility index (Phi) is 3.12. The zero-order chi connectivity index (χ0) is 12.7. The summed E-state index contributed by atoms with van der Waals surface area (Å²) in [6.07, 6.45) is 1.45. The lowest BCUT2D eigenvalue weighted by Gasteiger charge is -2.28. The van der Waals surface area contributed by atoms with Crippen LogP contribution >= 0.6 is 0 Å². The van der Waals surface area contributed by atoms with E-state index in [1.807, 2.05) is 6.92 Å². The van der Waals surface area contributed by atoms with E-state index in [-0.39, 0.29) is 11.8 Å². The Balaban J connectivity index is 2.07. The lowest BCUT2D eigenvalue weighted by molar-refractivity contribution is -0.150. The number of carboxylic acids is 1. The van der Waals surface area contributed by atoms with Crippen molar-refractivity contribution < 1.29 is 14.7 Å². The van der Waals surface area contributed by atoms with Crippen molar-refractivity contribution in [2.45, 2.75) is 38.8 Å². The van der Waals surface area contributed by atoms with Crippen LogP contribution in [0.2, 0.25) is 0 Å². The first-order valence-electron chi connectivity index (χ1n) is 6.27. The molecule has 0 bridgehead atoms. The first-order valence-corrected chi connectivity index (χ1v) is 6.27. The van der Waals surface area contributed by atoms with Gasteiger partial charge in [-0.2, -0.15) is 0 Å². The highest BCUT2D eigenvalue weighted by atomic mass is 16.4. The number of hydrogen-bond acceptors (Lipinski definition) is 3. The van der Waals surface area contributed by atoms with E-state index in [1.165, 1.54) is 4.90 Å². The second-order valence-corrected chi connectivity index (χ2v) is 5.27. The van der Waals surface area contributed by atoms with E-state index in [0.29, 0.717) is 24.8 Å². The third-order valence-electron chi connectivity index (χ3n) is 4.20. The molecule has 1 amide bonds. The molecule has 5 heteroatoms. The van der Waals surface area contributed by atoms with Crippen LogP contribution in [0.3, 0.4) is 0 Å². The maximum absolute atomic E-state index is 12.1. The zero-order valence-electron chi connectivity index (χ0n) is 10.3. The average Bonchev–Trinajstić information content (AvgIpc) is 2.76. The van der Waals surface area contributed by atoms with Crippen molar-refractivity contribution in [2.75, 3.05) is 6.54 Å². The van der Waals surface area contributed by atoms with Crippen LogP contribution in [-0.4, -0.2) is 40.5 Å². The molecule has 1 aliphatic heterocycles. The molecule has 0 aromatic rings. The minimum Gasteiger partial charge on any atom is -0.480 e. The topological polar surface area (TPSA) is 83.6 Å². The number of piperidine rings is 1. The molecule has 2 aliphatic rings. The van der Waals surface area contributed by atoms with E-state index >= 15 is 0 Å². The molecule has 2 fully saturated rings. The van der Waals surface area contributed by atoms with Gasteiger partial charge in [0, 0.05) is 6.54 Å². The molecule has 1 saturated carbocycles. The maximum atomic E-state index is 12.1. The number of carbonyl (C=O) groups excluding carboxylic acids is 1. The Morgan fingerprint density at radius 1 is 1.53 bits per heavy atom. The number of aliphatic carboxylic acids is 1. The standard InChI is InChI=1S/C12H20N2O3/c1-3-4-8(13)11(15)14-5-7-6(2)9(7)10(14)12(16)17/h6-10H,3-5,13H2,1-2H3,(H,16,17)/t6?,7-,8+,9+,10+/m1/s1. The second kappa shape index (κ2) is 4.29. The molecule has 0 aromatic carbocycles. The van der Waals surface area contributed by atoms with Gasteiger partial charge in [-0.15, -0.1) is 0 Å². The van der Waals surface area contributed by atoms with Crippen LogP contribution in [0.5, 0.6) is 0 Å². The van der Waals surface area contributed by atoms with Crippen LogP contribution in [0.15, 0.2) is 0 Å². The van der Waals surface area contributed by atoms with Crippen molar-refractivity contribution >= 4 is 11.9 Å². The molecule has 5 nitrogen and oxygen atoms in total. The van der Waals surface area contributed by atoms with Crippen molar-refractivity contribution in [1.82, 2.24) is 4.90 Å². The summed E-state index contributed by atoms with van der Waals surface area (Å²) >= 11 is 0. The fraction of sp³-hybridized carbons (Fsp3) is 0.833. The molecule has 5 atom stereocenters. The molecule has 3 N–H and O–H groups in total. The molecule has 0 aromatic heterocycles. The Labute approximate surface area is 101 Å². The fourth-order valence-corrected chi connectivity index (χ4v) is 3.11. The summed E-state index contributed by atoms with van der Waals surface area (Å²) in [6.45, 7) is 4.59. The Hall–Kier alpha value is -1.10. The molecule has 1 heterocycles. The van der Waals surface area contributed by atoms with Crippen molar-refractivity contribution in [3.63, 3.8) is 0 Å². The Morgan fingerprint density at radius 2 is 2.18 bits per heavy atom. The number of hydrogen-bond donors (Lipinski definition) is 2. The first-order chi connectivity index (χ1) is 7.99. The van der Waals surface area contributed by atoms with Gasteiger partial charge in [0.1, 0.15) is 6.04 Å². The van der Waals surface area contributed by atoms with Gasteiger partial charge in [0.2, 0.25) is 5.91 Å². The van der Waals surface area contributed by atoms with E-state index in [4.69, 9.17) is 5.73 Å². The lowest BCUT2D eigenvalue weighted by Crippen LogP contribution is -2.50. The van der Waals surface area contributed by atoms with Crippen LogP contribution in [0.25, 0.3) is 0 Å². The highest BCUT2D eigenvalue weighted by Gasteiger charge is 2.62. The number of fused-ring (bicyclic) bond motifs is 1. The minimum absolute atomic E-state index is 0.144. The third kappa shape index (κ3) is 1.92. The number of nitrogens with two attached hydrogens (primary N) is 1. The van der Waals surface area contributed by atoms with E-state index in [2.05, 4.69) is 6.92 Å². The van der Waals surface area contributed by atoms with Gasteiger partial charge in [-0.05, 0) is 24.2 Å². The largest absolute Gasteiger partial charge is 0.480 e. The molecule has 1 saturated heterocycles. The Bertz CT molecular complexity index is 345. The number of likely N-dealkylation sites (tertiary alicyclic amines) is 1. The predicted molar refractivity (Wildman–Crippen MR) is 62.2 cm³/mol. The van der Waals surface area contributed by atoms with Crippen LogP contribution in [0, 0.1) is 17.8 Å². The van der Waals surface area contributed by atoms with Crippen molar-refractivity contribution in [3.05, 3.63) is 0 Å². The maximum Gasteiger partial charge on any atom is 0.326 e. The zero-order valence-corrected chi connectivity index (χ0v) is 10.3. The van der Waals surface area contributed by atoms with Crippen LogP contribution in [0.1, 0.15) is 26.7 Å². The lowest BCUT2D eigenvalue weighted by atomic mass is 10.1. The summed E-state index contributed by atoms with van der Waals surface area (Å²) in [5.74, 6) is -0.140. The van der Waals surface area contributed by atoms with Crippen molar-refractivity contribution in [2.24, 2.45) is 23.5 Å². The minimum atomic E-state index is -0.890. The van der Waals surface area contributed by atoms with Gasteiger partial charge >= 0.3 is 5.97 Å². The second-order valence-electron chi connectivity index (χ2n) is 5.27. The normalized spacial score (nSPS) is 36.5. The molecule has 1 aliphatic carbocycles. The number of rotatable bonds is 4. The van der Waals surface area contributed by atoms with E-state index in [9.17, 15) is 14.7 Å². The van der Waals surface area contributed by atoms with E-state index in [0.717, 1.165) is 6.42 Å². The summed E-state index contributed by atoms with van der Waals surface area (Å²) in [6, 6.07) is -1.19. The van der Waals surface area contributed by atoms with Crippen LogP contribution in [-0.2, 0) is 9.59 Å². The Morgan fingerprint density at radius 3 is 2.71 bits per heavy atom. The quantitative estimate of drug-likeness (QED) is 0.740. The van der Waals surface area contributed by atoms with Gasteiger partial charge < -0.3 is 15.7 Å². The molecule has 0 spiro atoms. The smallest absolute Gasteiger partial charge is 0.326 e. The molecule has 1 unspecified atom stereocenters. The summed E-state index contributed by atoms with van der Waals surface area (Å²) in [7, 11) is 0. The van der Waals surface area contributed by atoms with Crippen LogP contribution < -0.4 is 5.73 Å². The fourth-order valence-electron chi connectivity index (χ4n) is 3.11. The van der Waals surface area contributed by atoms with Crippen molar-refractivity contribution in [1.29, 1.82) is 0 Å². The van der Waals surface area contributed by atoms with Gasteiger partial charge in [0.15, 0.2) is 0 Å². The summed E-state index contributed by atoms with van der Waals surface area (Å²) < 4.78 is 0. The highest BCUT2D eigenvalue weighted by molar-refractivity contribution is 5.88. The molecular weight excluding hydrogens is 220 g/mol. The summed E-state index contributed by atoms with van der Waals surface area (Å²) in [5, 5.41) is 9.22. The molecule has 2 rings (SSSR count). The molecular formula is C12H20N2O3. The SMILES string of the molecule is CCC[C@H](N)C(=O)N1C[C@@H]2C(C)[C@@H]2[C@H]1C(=O)O. The number of nitrogens with zero attached hydrogens (tertiary/aromatic N) is 1. The van der Waals surface area contributed by atoms with Crippen LogP contribution in [0.4, 0.5) is 0 Å². The molecule has 0 radical (unpaired) electrons. The van der Waals surface area contributed by atoms with Gasteiger partial charge in [-0.1, -0.05) is 20.3 Å². The van der Waals surface area contributed by atoms with Gasteiger partial charge in [0.25, 0.3) is 0 Å². The molecule has 96 valence electrons. The monoisotopic (exact) mass is 240 g/mol. The number of carbonyl (C=O) groups is 2. The first kappa shape index (κ1) is 12.4. The van der Waals surface area contributed by atoms with Gasteiger partial charge in [-0.25, -0.2) is 4.79 Å². The third-order valence-corrected chi connectivity index (χ3v) is 4.20. The predicted octanol–water partition coefficient (Wildman–Crippen LogP) is 0.291. The highest BCUT2D eigenvalue weighted by Crippen LogP contribution is 2.55.